The van der Waals surface area contributed by atoms with Crippen molar-refractivity contribution in [2.24, 2.45) is 5.14 Å². The molecule has 2 aromatic carbocycles. The van der Waals surface area contributed by atoms with E-state index in [1.165, 1.54) is 23.9 Å². The van der Waals surface area contributed by atoms with E-state index in [0.29, 0.717) is 23.2 Å². The Kier molecular flexibility index (Phi) is 5.56. The number of nitrogens with one attached hydrogen (secondary N) is 2. The van der Waals surface area contributed by atoms with Crippen molar-refractivity contribution in [3.05, 3.63) is 54.2 Å². The molecule has 4 rings (SSSR count). The summed E-state index contributed by atoms with van der Waals surface area (Å²) in [5, 5.41) is 11.5. The van der Waals surface area contributed by atoms with Crippen molar-refractivity contribution in [1.29, 1.82) is 0 Å². The van der Waals surface area contributed by atoms with E-state index in [4.69, 9.17) is 5.14 Å². The van der Waals surface area contributed by atoms with E-state index < -0.39 is 10.0 Å². The molecular weight excluding hydrogens is 436 g/mol. The van der Waals surface area contributed by atoms with Gasteiger partial charge in [0.05, 0.1) is 16.3 Å². The number of benzene rings is 2. The summed E-state index contributed by atoms with van der Waals surface area (Å²) in [4.78, 5) is 23.4. The molecule has 9 nitrogen and oxygen atoms in total. The van der Waals surface area contributed by atoms with Gasteiger partial charge in [0.2, 0.25) is 21.9 Å². The average Bonchev–Trinajstić information content (AvgIpc) is 2.73. The lowest BCUT2D eigenvalue weighted by Crippen LogP contribution is -2.31. The fraction of sp³-hybridized carbons (Fsp3) is 0.150. The highest BCUT2D eigenvalue weighted by atomic mass is 32.2. The molecule has 0 bridgehead atoms. The van der Waals surface area contributed by atoms with E-state index in [2.05, 4.69) is 20.6 Å². The van der Waals surface area contributed by atoms with Crippen LogP contribution in [-0.2, 0) is 14.8 Å². The van der Waals surface area contributed by atoms with Crippen molar-refractivity contribution < 1.29 is 13.2 Å². The maximum absolute atomic E-state index is 12.0. The van der Waals surface area contributed by atoms with Crippen molar-refractivity contribution in [3.63, 3.8) is 0 Å². The lowest BCUT2D eigenvalue weighted by molar-refractivity contribution is -0.116. The first kappa shape index (κ1) is 21.1. The number of primary sulfonamides is 1. The number of amides is 1. The first-order valence-electron chi connectivity index (χ1n) is 9.25. The number of nitrogens with two attached hydrogens (primary N) is 1. The van der Waals surface area contributed by atoms with Crippen LogP contribution in [0.25, 0.3) is 0 Å². The Morgan fingerprint density at radius 3 is 2.68 bits per heavy atom. The monoisotopic (exact) mass is 456 g/mol. The summed E-state index contributed by atoms with van der Waals surface area (Å²) in [5.41, 5.74) is 2.94. The van der Waals surface area contributed by atoms with Gasteiger partial charge in [-0.15, -0.1) is 11.8 Å². The third-order valence-electron chi connectivity index (χ3n) is 4.70. The molecule has 0 radical (unpaired) electrons. The van der Waals surface area contributed by atoms with Crippen LogP contribution in [0.5, 0.6) is 0 Å². The summed E-state index contributed by atoms with van der Waals surface area (Å²) in [6, 6.07) is 11.9. The van der Waals surface area contributed by atoms with Gasteiger partial charge >= 0.3 is 0 Å². The zero-order chi connectivity index (χ0) is 22.2. The molecule has 0 atom stereocenters. The number of hydrogen-bond donors (Lipinski definition) is 3. The van der Waals surface area contributed by atoms with Gasteiger partial charge in [-0.3, -0.25) is 4.79 Å². The van der Waals surface area contributed by atoms with Crippen molar-refractivity contribution in [1.82, 2.24) is 9.97 Å². The summed E-state index contributed by atoms with van der Waals surface area (Å²) in [7, 11) is -2.05. The molecule has 0 saturated carbocycles. The molecule has 31 heavy (non-hydrogen) atoms. The summed E-state index contributed by atoms with van der Waals surface area (Å²) in [6.45, 7) is 1.87. The second kappa shape index (κ2) is 8.17. The number of sulfonamides is 1. The van der Waals surface area contributed by atoms with Crippen LogP contribution in [0.3, 0.4) is 0 Å². The third kappa shape index (κ3) is 4.63. The number of aromatic nitrogens is 2. The Morgan fingerprint density at radius 1 is 1.13 bits per heavy atom. The average molecular weight is 457 g/mol. The largest absolute Gasteiger partial charge is 0.340 e. The van der Waals surface area contributed by atoms with Crippen LogP contribution in [0.15, 0.2) is 58.5 Å². The highest BCUT2D eigenvalue weighted by Crippen LogP contribution is 2.37. The van der Waals surface area contributed by atoms with Crippen LogP contribution in [-0.4, -0.2) is 37.1 Å². The van der Waals surface area contributed by atoms with Crippen LogP contribution in [0.2, 0.25) is 0 Å². The first-order valence-corrected chi connectivity index (χ1v) is 11.8. The van der Waals surface area contributed by atoms with E-state index in [0.717, 1.165) is 21.8 Å². The number of thioether (sulfide) groups is 1. The highest BCUT2D eigenvalue weighted by Gasteiger charge is 2.21. The fourth-order valence-electron chi connectivity index (χ4n) is 3.00. The summed E-state index contributed by atoms with van der Waals surface area (Å²) in [5.74, 6) is 1.36. The summed E-state index contributed by atoms with van der Waals surface area (Å²) < 4.78 is 23.1. The second-order valence-electron chi connectivity index (χ2n) is 6.97. The molecule has 0 saturated heterocycles. The maximum atomic E-state index is 12.0. The van der Waals surface area contributed by atoms with Gasteiger partial charge in [0, 0.05) is 35.1 Å². The smallest absolute Gasteiger partial charge is 0.238 e. The topological polar surface area (TPSA) is 130 Å². The van der Waals surface area contributed by atoms with Crippen molar-refractivity contribution in [3.8, 4) is 0 Å². The maximum Gasteiger partial charge on any atom is 0.238 e. The van der Waals surface area contributed by atoms with Gasteiger partial charge in [0.15, 0.2) is 0 Å². The standard InChI is InChI=1S/C20H20N6O3S2/c1-12-10-22-20(24-13-4-3-5-15(8-13)31(21,28)29)25-19(12)23-14-6-7-17-16(9-14)26(2)18(27)11-30-17/h3-10H,11H2,1-2H3,(H2,21,28,29)(H2,22,23,24,25). The van der Waals surface area contributed by atoms with Gasteiger partial charge in [0.1, 0.15) is 5.82 Å². The normalized spacial score (nSPS) is 13.6. The molecule has 0 fully saturated rings. The zero-order valence-corrected chi connectivity index (χ0v) is 18.4. The van der Waals surface area contributed by atoms with Crippen molar-refractivity contribution in [2.75, 3.05) is 28.3 Å². The van der Waals surface area contributed by atoms with Crippen LogP contribution >= 0.6 is 11.8 Å². The molecule has 1 aromatic heterocycles. The summed E-state index contributed by atoms with van der Waals surface area (Å²) >= 11 is 1.52. The number of aryl methyl sites for hydroxylation is 1. The minimum absolute atomic E-state index is 0.00597. The molecule has 1 aliphatic rings. The van der Waals surface area contributed by atoms with Crippen LogP contribution in [0.1, 0.15) is 5.56 Å². The number of hydrogen-bond acceptors (Lipinski definition) is 8. The Morgan fingerprint density at radius 2 is 1.90 bits per heavy atom. The molecule has 3 aromatic rings. The SMILES string of the molecule is Cc1cnc(Nc2cccc(S(N)(=O)=O)c2)nc1Nc1ccc2c(c1)N(C)C(=O)CS2. The number of rotatable bonds is 5. The molecule has 160 valence electrons. The molecule has 2 heterocycles. The van der Waals surface area contributed by atoms with Gasteiger partial charge < -0.3 is 15.5 Å². The minimum Gasteiger partial charge on any atom is -0.340 e. The molecule has 11 heteroatoms. The second-order valence-corrected chi connectivity index (χ2v) is 9.55. The van der Waals surface area contributed by atoms with Gasteiger partial charge in [-0.05, 0) is 43.3 Å². The lowest BCUT2D eigenvalue weighted by atomic mass is 10.2. The number of fused-ring (bicyclic) bond motifs is 1. The first-order chi connectivity index (χ1) is 14.7. The molecule has 0 spiro atoms. The predicted octanol–water partition coefficient (Wildman–Crippen LogP) is 2.99. The third-order valence-corrected chi connectivity index (χ3v) is 6.66. The lowest BCUT2D eigenvalue weighted by Gasteiger charge is -2.25. The van der Waals surface area contributed by atoms with E-state index in [-0.39, 0.29) is 10.8 Å². The Labute approximate surface area is 184 Å². The van der Waals surface area contributed by atoms with E-state index in [1.807, 2.05) is 25.1 Å². The van der Waals surface area contributed by atoms with Gasteiger partial charge in [0.25, 0.3) is 0 Å². The van der Waals surface area contributed by atoms with E-state index in [1.54, 1.807) is 30.3 Å². The van der Waals surface area contributed by atoms with E-state index >= 15 is 0 Å². The number of carbonyl (C=O) groups is 1. The van der Waals surface area contributed by atoms with Crippen LogP contribution in [0, 0.1) is 6.92 Å². The molecular formula is C20H20N6O3S2. The molecule has 4 N–H and O–H groups in total. The van der Waals surface area contributed by atoms with Crippen molar-refractivity contribution >= 4 is 56.5 Å². The number of anilines is 5. The fourth-order valence-corrected chi connectivity index (χ4v) is 4.54. The van der Waals surface area contributed by atoms with Crippen LogP contribution < -0.4 is 20.7 Å². The molecule has 0 unspecified atom stereocenters. The van der Waals surface area contributed by atoms with Gasteiger partial charge in [-0.1, -0.05) is 6.07 Å². The molecule has 1 aliphatic heterocycles. The Balaban J connectivity index is 1.59. The molecule has 1 amide bonds. The van der Waals surface area contributed by atoms with E-state index in [9.17, 15) is 13.2 Å². The minimum atomic E-state index is -3.81. The Hall–Kier alpha value is -3.15. The number of carbonyl (C=O) groups excluding carboxylic acids is 1. The quantitative estimate of drug-likeness (QED) is 0.534. The van der Waals surface area contributed by atoms with Gasteiger partial charge in [-0.2, -0.15) is 4.98 Å². The van der Waals surface area contributed by atoms with Crippen molar-refractivity contribution in [2.45, 2.75) is 16.7 Å². The summed E-state index contributed by atoms with van der Waals surface area (Å²) in [6.07, 6.45) is 1.66. The molecule has 0 aliphatic carbocycles. The van der Waals surface area contributed by atoms with Crippen LogP contribution in [0.4, 0.5) is 28.8 Å². The number of nitrogens with zero attached hydrogens (tertiary/aromatic N) is 3. The van der Waals surface area contributed by atoms with Gasteiger partial charge in [-0.25, -0.2) is 18.5 Å². The predicted molar refractivity (Wildman–Crippen MR) is 122 cm³/mol. The Bertz CT molecular complexity index is 1280. The highest BCUT2D eigenvalue weighted by molar-refractivity contribution is 8.00. The zero-order valence-electron chi connectivity index (χ0n) is 16.8.